The number of aryl methyl sites for hydroxylation is 1. The van der Waals surface area contributed by atoms with Gasteiger partial charge in [0.05, 0.1) is 0 Å². The number of carbonyl (C=O) groups is 1. The molecule has 0 amide bonds. The van der Waals surface area contributed by atoms with Crippen LogP contribution in [0.5, 0.6) is 0 Å². The monoisotopic (exact) mass is 191 g/mol. The summed E-state index contributed by atoms with van der Waals surface area (Å²) < 4.78 is 0. The van der Waals surface area contributed by atoms with Gasteiger partial charge in [0.1, 0.15) is 5.69 Å². The van der Waals surface area contributed by atoms with E-state index < -0.39 is 5.97 Å². The van der Waals surface area contributed by atoms with E-state index in [1.54, 1.807) is 6.07 Å². The van der Waals surface area contributed by atoms with Gasteiger partial charge in [0.15, 0.2) is 0 Å². The van der Waals surface area contributed by atoms with E-state index in [1.807, 2.05) is 12.1 Å². The number of carboxylic acid groups (broad SMARTS) is 1. The van der Waals surface area contributed by atoms with Crippen molar-refractivity contribution in [3.8, 4) is 0 Å². The van der Waals surface area contributed by atoms with Gasteiger partial charge in [-0.05, 0) is 37.0 Å². The summed E-state index contributed by atoms with van der Waals surface area (Å²) in [6, 6.07) is 3.46. The standard InChI is InChI=1S/C11H13NO2/c1-2-3-4-5-9-6-7-12-10(8-9)11(13)14/h2,6-8H,1,3-5H2,(H,13,14). The molecule has 1 aromatic rings. The zero-order chi connectivity index (χ0) is 10.4. The summed E-state index contributed by atoms with van der Waals surface area (Å²) in [5, 5.41) is 8.70. The lowest BCUT2D eigenvalue weighted by molar-refractivity contribution is 0.0690. The Morgan fingerprint density at radius 2 is 2.43 bits per heavy atom. The van der Waals surface area contributed by atoms with E-state index in [9.17, 15) is 4.79 Å². The molecule has 0 saturated carbocycles. The largest absolute Gasteiger partial charge is 0.477 e. The Kier molecular flexibility index (Phi) is 3.85. The summed E-state index contributed by atoms with van der Waals surface area (Å²) >= 11 is 0. The molecule has 0 aliphatic carbocycles. The zero-order valence-corrected chi connectivity index (χ0v) is 7.94. The van der Waals surface area contributed by atoms with Crippen molar-refractivity contribution in [3.05, 3.63) is 42.2 Å². The number of nitrogens with zero attached hydrogens (tertiary/aromatic N) is 1. The van der Waals surface area contributed by atoms with Crippen LogP contribution in [0.1, 0.15) is 28.9 Å². The second-order valence-corrected chi connectivity index (χ2v) is 3.04. The minimum Gasteiger partial charge on any atom is -0.477 e. The minimum absolute atomic E-state index is 0.112. The van der Waals surface area contributed by atoms with Crippen LogP contribution in [0.15, 0.2) is 31.0 Å². The van der Waals surface area contributed by atoms with E-state index in [4.69, 9.17) is 5.11 Å². The first-order valence-corrected chi connectivity index (χ1v) is 4.53. The number of aromatic carboxylic acids is 1. The van der Waals surface area contributed by atoms with Crippen LogP contribution >= 0.6 is 0 Å². The lowest BCUT2D eigenvalue weighted by Gasteiger charge is -2.00. The molecule has 0 radical (unpaired) electrons. The molecule has 1 heterocycles. The van der Waals surface area contributed by atoms with Crippen LogP contribution < -0.4 is 0 Å². The normalized spacial score (nSPS) is 9.71. The number of unbranched alkanes of at least 4 members (excludes halogenated alkanes) is 1. The van der Waals surface area contributed by atoms with Crippen LogP contribution in [0.4, 0.5) is 0 Å². The number of allylic oxidation sites excluding steroid dienone is 1. The van der Waals surface area contributed by atoms with Gasteiger partial charge in [0, 0.05) is 6.20 Å². The molecule has 1 N–H and O–H groups in total. The van der Waals surface area contributed by atoms with Crippen LogP contribution in [-0.2, 0) is 6.42 Å². The molecule has 1 aromatic heterocycles. The second kappa shape index (κ2) is 5.17. The van der Waals surface area contributed by atoms with Crippen LogP contribution in [0, 0.1) is 0 Å². The molecule has 0 bridgehead atoms. The van der Waals surface area contributed by atoms with Crippen molar-refractivity contribution in [2.75, 3.05) is 0 Å². The van der Waals surface area contributed by atoms with Gasteiger partial charge in [-0.25, -0.2) is 9.78 Å². The van der Waals surface area contributed by atoms with Gasteiger partial charge in [-0.15, -0.1) is 6.58 Å². The third kappa shape index (κ3) is 3.01. The van der Waals surface area contributed by atoms with E-state index in [0.29, 0.717) is 0 Å². The number of hydrogen-bond acceptors (Lipinski definition) is 2. The molecular weight excluding hydrogens is 178 g/mol. The zero-order valence-electron chi connectivity index (χ0n) is 7.94. The maximum absolute atomic E-state index is 10.6. The van der Waals surface area contributed by atoms with Gasteiger partial charge in [0.2, 0.25) is 0 Å². The molecule has 74 valence electrons. The van der Waals surface area contributed by atoms with Crippen LogP contribution in [0.3, 0.4) is 0 Å². The SMILES string of the molecule is C=CCCCc1ccnc(C(=O)O)c1. The molecule has 0 aliphatic heterocycles. The summed E-state index contributed by atoms with van der Waals surface area (Å²) in [4.78, 5) is 14.4. The fourth-order valence-electron chi connectivity index (χ4n) is 1.20. The Bertz CT molecular complexity index is 334. The topological polar surface area (TPSA) is 50.2 Å². The first-order chi connectivity index (χ1) is 6.74. The molecule has 0 spiro atoms. The molecule has 0 saturated heterocycles. The quantitative estimate of drug-likeness (QED) is 0.573. The highest BCUT2D eigenvalue weighted by Gasteiger charge is 2.04. The van der Waals surface area contributed by atoms with Gasteiger partial charge >= 0.3 is 5.97 Å². The Labute approximate surface area is 83.1 Å². The highest BCUT2D eigenvalue weighted by molar-refractivity contribution is 5.85. The molecule has 14 heavy (non-hydrogen) atoms. The number of aromatic nitrogens is 1. The first-order valence-electron chi connectivity index (χ1n) is 4.53. The Balaban J connectivity index is 2.63. The molecule has 0 aromatic carbocycles. The van der Waals surface area contributed by atoms with E-state index in [-0.39, 0.29) is 5.69 Å². The fraction of sp³-hybridized carbons (Fsp3) is 0.273. The Morgan fingerprint density at radius 3 is 3.07 bits per heavy atom. The first kappa shape index (κ1) is 10.4. The molecule has 0 atom stereocenters. The average molecular weight is 191 g/mol. The third-order valence-corrected chi connectivity index (χ3v) is 1.92. The molecule has 3 heteroatoms. The van der Waals surface area contributed by atoms with Crippen molar-refractivity contribution in [1.82, 2.24) is 4.98 Å². The molecule has 0 fully saturated rings. The van der Waals surface area contributed by atoms with Crippen LogP contribution in [-0.4, -0.2) is 16.1 Å². The van der Waals surface area contributed by atoms with Gasteiger partial charge in [-0.3, -0.25) is 0 Å². The van der Waals surface area contributed by atoms with E-state index >= 15 is 0 Å². The van der Waals surface area contributed by atoms with Crippen molar-refractivity contribution in [1.29, 1.82) is 0 Å². The predicted octanol–water partition coefficient (Wildman–Crippen LogP) is 2.29. The van der Waals surface area contributed by atoms with E-state index in [2.05, 4.69) is 11.6 Å². The summed E-state index contributed by atoms with van der Waals surface area (Å²) in [6.07, 6.45) is 6.21. The third-order valence-electron chi connectivity index (χ3n) is 1.92. The maximum Gasteiger partial charge on any atom is 0.354 e. The Morgan fingerprint density at radius 1 is 1.64 bits per heavy atom. The number of rotatable bonds is 5. The molecular formula is C11H13NO2. The molecule has 3 nitrogen and oxygen atoms in total. The summed E-state index contributed by atoms with van der Waals surface area (Å²) in [7, 11) is 0. The maximum atomic E-state index is 10.6. The van der Waals surface area contributed by atoms with Gasteiger partial charge in [0.25, 0.3) is 0 Å². The molecule has 1 rings (SSSR count). The van der Waals surface area contributed by atoms with Gasteiger partial charge < -0.3 is 5.11 Å². The smallest absolute Gasteiger partial charge is 0.354 e. The van der Waals surface area contributed by atoms with Gasteiger partial charge in [-0.2, -0.15) is 0 Å². The molecule has 0 aliphatic rings. The lowest BCUT2D eigenvalue weighted by atomic mass is 10.1. The Hall–Kier alpha value is -1.64. The highest BCUT2D eigenvalue weighted by Crippen LogP contribution is 2.06. The highest BCUT2D eigenvalue weighted by atomic mass is 16.4. The van der Waals surface area contributed by atoms with Crippen molar-refractivity contribution in [3.63, 3.8) is 0 Å². The van der Waals surface area contributed by atoms with E-state index in [0.717, 1.165) is 24.8 Å². The fourth-order valence-corrected chi connectivity index (χ4v) is 1.20. The van der Waals surface area contributed by atoms with Gasteiger partial charge in [-0.1, -0.05) is 6.08 Å². The predicted molar refractivity (Wildman–Crippen MR) is 54.3 cm³/mol. The summed E-state index contributed by atoms with van der Waals surface area (Å²) in [6.45, 7) is 3.63. The van der Waals surface area contributed by atoms with Crippen molar-refractivity contribution in [2.45, 2.75) is 19.3 Å². The second-order valence-electron chi connectivity index (χ2n) is 3.04. The van der Waals surface area contributed by atoms with Crippen LogP contribution in [0.2, 0.25) is 0 Å². The summed E-state index contributed by atoms with van der Waals surface area (Å²) in [5.74, 6) is -0.976. The number of pyridine rings is 1. The van der Waals surface area contributed by atoms with E-state index in [1.165, 1.54) is 6.20 Å². The number of carboxylic acids is 1. The average Bonchev–Trinajstić information content (AvgIpc) is 2.19. The van der Waals surface area contributed by atoms with Crippen molar-refractivity contribution < 1.29 is 9.90 Å². The van der Waals surface area contributed by atoms with Crippen LogP contribution in [0.25, 0.3) is 0 Å². The van der Waals surface area contributed by atoms with Crippen molar-refractivity contribution in [2.24, 2.45) is 0 Å². The van der Waals surface area contributed by atoms with Crippen molar-refractivity contribution >= 4 is 5.97 Å². The minimum atomic E-state index is -0.976. The lowest BCUT2D eigenvalue weighted by Crippen LogP contribution is -2.00. The number of hydrogen-bond donors (Lipinski definition) is 1. The summed E-state index contributed by atoms with van der Waals surface area (Å²) in [5.41, 5.74) is 1.13. The molecule has 0 unspecified atom stereocenters.